The highest BCUT2D eigenvalue weighted by molar-refractivity contribution is 7.89. The number of fused-ring (bicyclic) bond motifs is 3. The summed E-state index contributed by atoms with van der Waals surface area (Å²) in [5, 5.41) is 2.90. The van der Waals surface area contributed by atoms with Crippen molar-refractivity contribution in [2.24, 2.45) is 0 Å². The van der Waals surface area contributed by atoms with Gasteiger partial charge in [0.1, 0.15) is 10.6 Å². The third-order valence-corrected chi connectivity index (χ3v) is 7.88. The Hall–Kier alpha value is -3.16. The fraction of sp³-hybridized carbons (Fsp3) is 0.240. The van der Waals surface area contributed by atoms with Gasteiger partial charge in [-0.3, -0.25) is 4.79 Å². The van der Waals surface area contributed by atoms with Gasteiger partial charge in [-0.15, -0.1) is 0 Å². The first-order chi connectivity index (χ1) is 15.4. The molecular weight excluding hydrogens is 424 g/mol. The molecule has 1 N–H and O–H groups in total. The first-order valence-corrected chi connectivity index (χ1v) is 12.0. The van der Waals surface area contributed by atoms with E-state index in [9.17, 15) is 13.2 Å². The SMILES string of the molecule is CCN(CC)S(=O)(=O)c1cc(C(=O)Nc2ccc3c(c2)-c2ccccc2C3)ccc1OC. The zero-order valence-corrected chi connectivity index (χ0v) is 19.2. The van der Waals surface area contributed by atoms with Crippen LogP contribution in [0, 0.1) is 0 Å². The number of hydrogen-bond donors (Lipinski definition) is 1. The molecule has 0 heterocycles. The zero-order valence-electron chi connectivity index (χ0n) is 18.4. The molecule has 0 radical (unpaired) electrons. The molecule has 0 spiro atoms. The van der Waals surface area contributed by atoms with Crippen molar-refractivity contribution in [1.82, 2.24) is 4.31 Å². The van der Waals surface area contributed by atoms with Gasteiger partial charge in [0.2, 0.25) is 10.0 Å². The lowest BCUT2D eigenvalue weighted by atomic mass is 10.1. The fourth-order valence-electron chi connectivity index (χ4n) is 4.13. The van der Waals surface area contributed by atoms with Crippen LogP contribution in [0.2, 0.25) is 0 Å². The normalized spacial score (nSPS) is 12.4. The minimum Gasteiger partial charge on any atom is -0.495 e. The Labute approximate surface area is 188 Å². The number of benzene rings is 3. The topological polar surface area (TPSA) is 75.7 Å². The van der Waals surface area contributed by atoms with E-state index in [0.717, 1.165) is 12.0 Å². The van der Waals surface area contributed by atoms with Gasteiger partial charge in [0.25, 0.3) is 5.91 Å². The van der Waals surface area contributed by atoms with Gasteiger partial charge in [-0.05, 0) is 59.0 Å². The molecule has 0 saturated carbocycles. The second kappa shape index (κ2) is 8.76. The molecule has 3 aromatic rings. The number of nitrogens with one attached hydrogen (secondary N) is 1. The summed E-state index contributed by atoms with van der Waals surface area (Å²) in [5.74, 6) is -0.169. The molecule has 0 aliphatic heterocycles. The van der Waals surface area contributed by atoms with E-state index in [1.807, 2.05) is 30.3 Å². The number of amides is 1. The number of carbonyl (C=O) groups excluding carboxylic acids is 1. The van der Waals surface area contributed by atoms with Crippen LogP contribution in [0.4, 0.5) is 5.69 Å². The number of hydrogen-bond acceptors (Lipinski definition) is 4. The summed E-state index contributed by atoms with van der Waals surface area (Å²) in [4.78, 5) is 13.0. The van der Waals surface area contributed by atoms with E-state index in [0.29, 0.717) is 18.8 Å². The Kier molecular flexibility index (Phi) is 6.04. The number of anilines is 1. The van der Waals surface area contributed by atoms with Crippen LogP contribution >= 0.6 is 0 Å². The maximum Gasteiger partial charge on any atom is 0.255 e. The maximum absolute atomic E-state index is 13.1. The Morgan fingerprint density at radius 1 is 0.969 bits per heavy atom. The first-order valence-electron chi connectivity index (χ1n) is 10.6. The van der Waals surface area contributed by atoms with Gasteiger partial charge in [0.15, 0.2) is 0 Å². The molecule has 3 aromatic carbocycles. The van der Waals surface area contributed by atoms with Gasteiger partial charge in [0, 0.05) is 24.3 Å². The molecule has 0 aromatic heterocycles. The molecule has 1 amide bonds. The van der Waals surface area contributed by atoms with Crippen LogP contribution in [0.1, 0.15) is 35.3 Å². The number of methoxy groups -OCH3 is 1. The van der Waals surface area contributed by atoms with Crippen molar-refractivity contribution in [1.29, 1.82) is 0 Å². The third-order valence-electron chi connectivity index (χ3n) is 5.81. The van der Waals surface area contributed by atoms with Gasteiger partial charge in [-0.2, -0.15) is 4.31 Å². The molecule has 32 heavy (non-hydrogen) atoms. The van der Waals surface area contributed by atoms with E-state index in [2.05, 4.69) is 17.4 Å². The lowest BCUT2D eigenvalue weighted by molar-refractivity contribution is 0.102. The lowest BCUT2D eigenvalue weighted by Crippen LogP contribution is -2.31. The number of sulfonamides is 1. The molecule has 0 unspecified atom stereocenters. The quantitative estimate of drug-likeness (QED) is 0.448. The molecule has 0 bridgehead atoms. The number of nitrogens with zero attached hydrogens (tertiary/aromatic N) is 1. The smallest absolute Gasteiger partial charge is 0.255 e. The third kappa shape index (κ3) is 3.89. The molecule has 0 atom stereocenters. The van der Waals surface area contributed by atoms with Crippen molar-refractivity contribution in [3.05, 3.63) is 77.4 Å². The Balaban J connectivity index is 1.64. The van der Waals surface area contributed by atoms with Gasteiger partial charge >= 0.3 is 0 Å². The predicted molar refractivity (Wildman–Crippen MR) is 126 cm³/mol. The summed E-state index contributed by atoms with van der Waals surface area (Å²) >= 11 is 0. The molecular formula is C25H26N2O4S. The zero-order chi connectivity index (χ0) is 22.9. The van der Waals surface area contributed by atoms with Crippen molar-refractivity contribution in [2.45, 2.75) is 25.2 Å². The highest BCUT2D eigenvalue weighted by atomic mass is 32.2. The molecule has 4 rings (SSSR count). The van der Waals surface area contributed by atoms with Gasteiger partial charge in [0.05, 0.1) is 7.11 Å². The molecule has 0 fully saturated rings. The molecule has 6 nitrogen and oxygen atoms in total. The van der Waals surface area contributed by atoms with Gasteiger partial charge in [-0.1, -0.05) is 44.2 Å². The van der Waals surface area contributed by atoms with Crippen molar-refractivity contribution < 1.29 is 17.9 Å². The van der Waals surface area contributed by atoms with Crippen LogP contribution in [0.5, 0.6) is 5.75 Å². The van der Waals surface area contributed by atoms with Crippen molar-refractivity contribution >= 4 is 21.6 Å². The Morgan fingerprint density at radius 2 is 1.69 bits per heavy atom. The molecule has 166 valence electrons. The minimum absolute atomic E-state index is 0.0146. The van der Waals surface area contributed by atoms with E-state index in [-0.39, 0.29) is 22.1 Å². The van der Waals surface area contributed by atoms with E-state index < -0.39 is 10.0 Å². The van der Waals surface area contributed by atoms with E-state index in [4.69, 9.17) is 4.74 Å². The number of rotatable bonds is 7. The molecule has 1 aliphatic rings. The maximum atomic E-state index is 13.1. The average molecular weight is 451 g/mol. The fourth-order valence-corrected chi connectivity index (χ4v) is 5.77. The van der Waals surface area contributed by atoms with Crippen LogP contribution < -0.4 is 10.1 Å². The van der Waals surface area contributed by atoms with Crippen molar-refractivity contribution in [3.63, 3.8) is 0 Å². The van der Waals surface area contributed by atoms with E-state index >= 15 is 0 Å². The summed E-state index contributed by atoms with van der Waals surface area (Å²) in [7, 11) is -2.37. The second-order valence-corrected chi connectivity index (χ2v) is 9.52. The Bertz CT molecular complexity index is 1280. The van der Waals surface area contributed by atoms with Gasteiger partial charge in [-0.25, -0.2) is 8.42 Å². The van der Waals surface area contributed by atoms with Crippen LogP contribution in [0.15, 0.2) is 65.6 Å². The van der Waals surface area contributed by atoms with Crippen LogP contribution in [-0.2, 0) is 16.4 Å². The summed E-state index contributed by atoms with van der Waals surface area (Å²) in [6, 6.07) is 18.6. The van der Waals surface area contributed by atoms with Crippen LogP contribution in [0.3, 0.4) is 0 Å². The van der Waals surface area contributed by atoms with Crippen LogP contribution in [-0.4, -0.2) is 38.8 Å². The molecule has 0 saturated heterocycles. The predicted octanol–water partition coefficient (Wildman–Crippen LogP) is 4.55. The Morgan fingerprint density at radius 3 is 2.41 bits per heavy atom. The summed E-state index contributed by atoms with van der Waals surface area (Å²) in [6.45, 7) is 4.20. The number of carbonyl (C=O) groups is 1. The van der Waals surface area contributed by atoms with E-state index in [1.54, 1.807) is 19.9 Å². The standard InChI is InChI=1S/C25H26N2O4S/c1-4-27(5-2)32(29,30)24-15-19(11-13-23(24)31-3)25(28)26-20-12-10-18-14-17-8-6-7-9-21(17)22(18)16-20/h6-13,15-16H,4-5,14H2,1-3H3,(H,26,28). The van der Waals surface area contributed by atoms with Gasteiger partial charge < -0.3 is 10.1 Å². The largest absolute Gasteiger partial charge is 0.495 e. The van der Waals surface area contributed by atoms with Crippen molar-refractivity contribution in [2.75, 3.05) is 25.5 Å². The summed E-state index contributed by atoms with van der Waals surface area (Å²) < 4.78 is 32.7. The minimum atomic E-state index is -3.79. The molecule has 7 heteroatoms. The second-order valence-electron chi connectivity index (χ2n) is 7.61. The number of ether oxygens (including phenoxy) is 1. The monoisotopic (exact) mass is 450 g/mol. The average Bonchev–Trinajstić information content (AvgIpc) is 3.17. The van der Waals surface area contributed by atoms with Crippen LogP contribution in [0.25, 0.3) is 11.1 Å². The highest BCUT2D eigenvalue weighted by Crippen LogP contribution is 2.38. The lowest BCUT2D eigenvalue weighted by Gasteiger charge is -2.20. The molecule has 1 aliphatic carbocycles. The summed E-state index contributed by atoms with van der Waals surface area (Å²) in [6.07, 6.45) is 0.880. The highest BCUT2D eigenvalue weighted by Gasteiger charge is 2.27. The summed E-state index contributed by atoms with van der Waals surface area (Å²) in [5.41, 5.74) is 5.69. The first kappa shape index (κ1) is 22.0. The van der Waals surface area contributed by atoms with Crippen molar-refractivity contribution in [3.8, 4) is 16.9 Å². The van der Waals surface area contributed by atoms with E-state index in [1.165, 1.54) is 40.2 Å².